The number of amides is 1. The third-order valence-electron chi connectivity index (χ3n) is 6.32. The fraction of sp³-hybridized carbons (Fsp3) is 0.333. The maximum atomic E-state index is 13.9. The lowest BCUT2D eigenvalue weighted by molar-refractivity contribution is 0.0601. The van der Waals surface area contributed by atoms with Gasteiger partial charge in [0.25, 0.3) is 5.91 Å². The van der Waals surface area contributed by atoms with Crippen LogP contribution in [-0.2, 0) is 6.54 Å². The van der Waals surface area contributed by atoms with E-state index in [1.165, 1.54) is 4.52 Å². The number of hydrogen-bond acceptors (Lipinski definition) is 5. The molecule has 2 aromatic carbocycles. The average molecular weight is 576 g/mol. The second kappa shape index (κ2) is 11.9. The first kappa shape index (κ1) is 28.1. The predicted molar refractivity (Wildman–Crippen MR) is 151 cm³/mol. The van der Waals surface area contributed by atoms with Crippen molar-refractivity contribution < 1.29 is 4.79 Å². The van der Waals surface area contributed by atoms with Crippen molar-refractivity contribution >= 4 is 46.4 Å². The second-order valence-electron chi connectivity index (χ2n) is 9.42. The van der Waals surface area contributed by atoms with Gasteiger partial charge in [-0.25, -0.2) is 9.78 Å². The zero-order valence-corrected chi connectivity index (χ0v) is 23.6. The molecule has 2 aromatic heterocycles. The number of aryl methyl sites for hydroxylation is 1. The molecule has 0 aliphatic rings. The second-order valence-corrected chi connectivity index (χ2v) is 10.6. The van der Waals surface area contributed by atoms with Gasteiger partial charge in [-0.2, -0.15) is 9.61 Å². The summed E-state index contributed by atoms with van der Waals surface area (Å²) in [5.74, 6) is 0.0131. The lowest BCUT2D eigenvalue weighted by Gasteiger charge is -2.35. The Morgan fingerprint density at radius 3 is 2.42 bits per heavy atom. The first-order valence-electron chi connectivity index (χ1n) is 12.3. The fourth-order valence-corrected chi connectivity index (χ4v) is 4.93. The van der Waals surface area contributed by atoms with Crippen LogP contribution in [0.1, 0.15) is 53.7 Å². The van der Waals surface area contributed by atoms with Gasteiger partial charge in [0.2, 0.25) is 0 Å². The minimum Gasteiger partial charge on any atom is -0.330 e. The van der Waals surface area contributed by atoms with Crippen molar-refractivity contribution in [1.29, 1.82) is 0 Å². The molecule has 8 nitrogen and oxygen atoms in total. The van der Waals surface area contributed by atoms with Gasteiger partial charge in [0.15, 0.2) is 5.65 Å². The highest BCUT2D eigenvalue weighted by atomic mass is 35.5. The lowest BCUT2D eigenvalue weighted by Crippen LogP contribution is -2.43. The molecular formula is C27H29Cl3N6O2. The Bertz CT molecular complexity index is 1520. The Kier molecular flexibility index (Phi) is 8.78. The van der Waals surface area contributed by atoms with E-state index in [9.17, 15) is 9.59 Å². The highest BCUT2D eigenvalue weighted by Gasteiger charge is 2.33. The highest BCUT2D eigenvalue weighted by Crippen LogP contribution is 2.32. The Morgan fingerprint density at radius 1 is 1.08 bits per heavy atom. The molecule has 200 valence electrons. The number of rotatable bonds is 9. The third kappa shape index (κ3) is 5.59. The van der Waals surface area contributed by atoms with Gasteiger partial charge < -0.3 is 10.6 Å². The van der Waals surface area contributed by atoms with E-state index in [1.54, 1.807) is 34.6 Å². The van der Waals surface area contributed by atoms with Crippen LogP contribution < -0.4 is 11.4 Å². The number of hydrogen-bond donors (Lipinski definition) is 1. The molecule has 1 atom stereocenters. The van der Waals surface area contributed by atoms with E-state index in [-0.39, 0.29) is 29.0 Å². The number of nitrogens with two attached hydrogens (primary N) is 1. The monoisotopic (exact) mass is 574 g/mol. The molecule has 0 aliphatic heterocycles. The van der Waals surface area contributed by atoms with Gasteiger partial charge in [0, 0.05) is 12.1 Å². The van der Waals surface area contributed by atoms with Crippen LogP contribution in [0.4, 0.5) is 0 Å². The summed E-state index contributed by atoms with van der Waals surface area (Å²) in [6.07, 6.45) is 0.550. The van der Waals surface area contributed by atoms with E-state index in [1.807, 2.05) is 44.2 Å². The van der Waals surface area contributed by atoms with Gasteiger partial charge in [-0.3, -0.25) is 9.36 Å². The largest absolute Gasteiger partial charge is 0.352 e. The Morgan fingerprint density at radius 2 is 1.79 bits per heavy atom. The number of carbonyl (C=O) groups excluding carboxylic acids is 1. The normalized spacial score (nSPS) is 12.3. The zero-order valence-electron chi connectivity index (χ0n) is 21.4. The first-order valence-corrected chi connectivity index (χ1v) is 13.4. The van der Waals surface area contributed by atoms with E-state index >= 15 is 0 Å². The van der Waals surface area contributed by atoms with Crippen molar-refractivity contribution in [2.45, 2.75) is 39.8 Å². The molecule has 1 amide bonds. The number of carbonyl (C=O) groups is 1. The standard InChI is InChI=1S/C27H29Cl3N6O2/c1-16(2)23(34(13-7-12-31)26(37)19-10-11-20(28)21(29)14-19)25-32-24-22(30)17(3)33-36(24)27(38)35(25)15-18-8-5-4-6-9-18/h4-6,8-11,14,16,23H,7,12-13,15,31H2,1-3H3. The van der Waals surface area contributed by atoms with E-state index in [0.717, 1.165) is 5.56 Å². The molecule has 4 aromatic rings. The summed E-state index contributed by atoms with van der Waals surface area (Å²) >= 11 is 18.9. The molecule has 2 N–H and O–H groups in total. The van der Waals surface area contributed by atoms with Gasteiger partial charge in [0.05, 0.1) is 28.3 Å². The number of aromatic nitrogens is 4. The number of nitrogens with zero attached hydrogens (tertiary/aromatic N) is 5. The minimum absolute atomic E-state index is 0.126. The van der Waals surface area contributed by atoms with Crippen LogP contribution >= 0.6 is 34.8 Å². The summed E-state index contributed by atoms with van der Waals surface area (Å²) in [6, 6.07) is 13.8. The Labute approximate surface area is 235 Å². The zero-order chi connectivity index (χ0) is 27.6. The molecule has 0 saturated carbocycles. The quantitative estimate of drug-likeness (QED) is 0.288. The molecule has 1 unspecified atom stereocenters. The number of benzene rings is 2. The summed E-state index contributed by atoms with van der Waals surface area (Å²) < 4.78 is 2.78. The molecule has 0 fully saturated rings. The van der Waals surface area contributed by atoms with Gasteiger partial charge >= 0.3 is 5.69 Å². The molecular weight excluding hydrogens is 547 g/mol. The summed E-state index contributed by atoms with van der Waals surface area (Å²) in [7, 11) is 0. The smallest absolute Gasteiger partial charge is 0.330 e. The predicted octanol–water partition coefficient (Wildman–Crippen LogP) is 5.40. The lowest BCUT2D eigenvalue weighted by atomic mass is 9.99. The van der Waals surface area contributed by atoms with Gasteiger partial charge in [-0.05, 0) is 49.6 Å². The summed E-state index contributed by atoms with van der Waals surface area (Å²) in [5, 5.41) is 5.24. The third-order valence-corrected chi connectivity index (χ3v) is 7.50. The van der Waals surface area contributed by atoms with E-state index in [2.05, 4.69) is 5.10 Å². The van der Waals surface area contributed by atoms with E-state index in [0.29, 0.717) is 46.6 Å². The maximum absolute atomic E-state index is 13.9. The van der Waals surface area contributed by atoms with Crippen LogP contribution in [0, 0.1) is 12.8 Å². The highest BCUT2D eigenvalue weighted by molar-refractivity contribution is 6.42. The van der Waals surface area contributed by atoms with Gasteiger partial charge in [-0.15, -0.1) is 0 Å². The van der Waals surface area contributed by atoms with Crippen molar-refractivity contribution in [3.8, 4) is 0 Å². The molecule has 38 heavy (non-hydrogen) atoms. The van der Waals surface area contributed by atoms with Crippen LogP contribution in [-0.4, -0.2) is 43.1 Å². The molecule has 0 spiro atoms. The van der Waals surface area contributed by atoms with E-state index in [4.69, 9.17) is 45.5 Å². The Balaban J connectivity index is 1.95. The fourth-order valence-electron chi connectivity index (χ4n) is 4.47. The molecule has 4 rings (SSSR count). The van der Waals surface area contributed by atoms with Crippen LogP contribution in [0.3, 0.4) is 0 Å². The van der Waals surface area contributed by atoms with Crippen LogP contribution in [0.2, 0.25) is 15.1 Å². The molecule has 0 saturated heterocycles. The van der Waals surface area contributed by atoms with Crippen molar-refractivity contribution in [3.63, 3.8) is 0 Å². The van der Waals surface area contributed by atoms with Crippen molar-refractivity contribution in [3.05, 3.63) is 96.7 Å². The molecule has 0 aliphatic carbocycles. The van der Waals surface area contributed by atoms with E-state index < -0.39 is 11.7 Å². The minimum atomic E-state index is -0.587. The maximum Gasteiger partial charge on any atom is 0.352 e. The van der Waals surface area contributed by atoms with Crippen LogP contribution in [0.5, 0.6) is 0 Å². The summed E-state index contributed by atoms with van der Waals surface area (Å²) in [4.78, 5) is 34.3. The van der Waals surface area contributed by atoms with Crippen LogP contribution in [0.15, 0.2) is 53.3 Å². The first-order chi connectivity index (χ1) is 18.1. The molecule has 2 heterocycles. The molecule has 11 heteroatoms. The van der Waals surface area contributed by atoms with Gasteiger partial charge in [-0.1, -0.05) is 79.0 Å². The SMILES string of the molecule is Cc1nn2c(=O)n(Cc3ccccc3)c(C(C(C)C)N(CCCN)C(=O)c3ccc(Cl)c(Cl)c3)nc2c1Cl. The Hall–Kier alpha value is -2.91. The van der Waals surface area contributed by atoms with Gasteiger partial charge in [0.1, 0.15) is 10.8 Å². The van der Waals surface area contributed by atoms with Crippen molar-refractivity contribution in [2.24, 2.45) is 11.7 Å². The summed E-state index contributed by atoms with van der Waals surface area (Å²) in [5.41, 5.74) is 7.48. The van der Waals surface area contributed by atoms with Crippen LogP contribution in [0.25, 0.3) is 5.65 Å². The van der Waals surface area contributed by atoms with Crippen molar-refractivity contribution in [1.82, 2.24) is 24.1 Å². The molecule has 0 bridgehead atoms. The topological polar surface area (TPSA) is 98.5 Å². The molecule has 0 radical (unpaired) electrons. The average Bonchev–Trinajstić information content (AvgIpc) is 3.18. The number of fused-ring (bicyclic) bond motifs is 1. The summed E-state index contributed by atoms with van der Waals surface area (Å²) in [6.45, 7) is 6.65. The number of halogens is 3. The van der Waals surface area contributed by atoms with Crippen molar-refractivity contribution in [2.75, 3.05) is 13.1 Å².